The number of nitrogens with zero attached hydrogens (tertiary/aromatic N) is 3. The third-order valence-corrected chi connectivity index (χ3v) is 3.09. The lowest BCUT2D eigenvalue weighted by atomic mass is 10.1. The van der Waals surface area contributed by atoms with Gasteiger partial charge in [0.25, 0.3) is 0 Å². The fourth-order valence-electron chi connectivity index (χ4n) is 2.16. The summed E-state index contributed by atoms with van der Waals surface area (Å²) in [4.78, 5) is 24.0. The molecule has 0 fully saturated rings. The number of hydrogen-bond acceptors (Lipinski definition) is 4. The van der Waals surface area contributed by atoms with Gasteiger partial charge in [0.05, 0.1) is 19.3 Å². The zero-order valence-electron chi connectivity index (χ0n) is 10.6. The first-order chi connectivity index (χ1) is 9.08. The van der Waals surface area contributed by atoms with E-state index in [0.29, 0.717) is 30.8 Å². The van der Waals surface area contributed by atoms with Crippen LogP contribution in [0.3, 0.4) is 0 Å². The molecule has 7 heteroatoms. The molecule has 0 spiro atoms. The maximum Gasteiger partial charge on any atom is 0.407 e. The van der Waals surface area contributed by atoms with Crippen LogP contribution in [0.15, 0.2) is 6.58 Å². The van der Waals surface area contributed by atoms with Crippen LogP contribution in [0.1, 0.15) is 28.2 Å². The Bertz CT molecular complexity index is 535. The topological polar surface area (TPSA) is 84.7 Å². The minimum Gasteiger partial charge on any atom is -0.465 e. The summed E-state index contributed by atoms with van der Waals surface area (Å²) < 4.78 is 6.33. The van der Waals surface area contributed by atoms with Crippen molar-refractivity contribution >= 4 is 18.1 Å². The Labute approximate surface area is 110 Å². The molecule has 0 atom stereocenters. The first kappa shape index (κ1) is 13.1. The van der Waals surface area contributed by atoms with Crippen LogP contribution in [0.2, 0.25) is 0 Å². The van der Waals surface area contributed by atoms with Crippen LogP contribution in [0.5, 0.6) is 0 Å². The highest BCUT2D eigenvalue weighted by molar-refractivity contribution is 5.91. The fraction of sp³-hybridized carbons (Fsp3) is 0.417. The SMILES string of the molecule is C=Cc1c(C(=O)OC)nn2c1CN(C(=O)O)CCC2. The van der Waals surface area contributed by atoms with Gasteiger partial charge in [-0.2, -0.15) is 5.10 Å². The minimum atomic E-state index is -0.982. The minimum absolute atomic E-state index is 0.180. The van der Waals surface area contributed by atoms with Gasteiger partial charge in [0, 0.05) is 18.7 Å². The van der Waals surface area contributed by atoms with E-state index >= 15 is 0 Å². The summed E-state index contributed by atoms with van der Waals surface area (Å²) in [5.41, 5.74) is 1.40. The first-order valence-electron chi connectivity index (χ1n) is 5.86. The Hall–Kier alpha value is -2.31. The number of esters is 1. The van der Waals surface area contributed by atoms with Gasteiger partial charge in [0.15, 0.2) is 5.69 Å². The second-order valence-corrected chi connectivity index (χ2v) is 4.19. The maximum absolute atomic E-state index is 11.6. The molecule has 0 saturated heterocycles. The van der Waals surface area contributed by atoms with Gasteiger partial charge in [-0.1, -0.05) is 12.7 Å². The van der Waals surface area contributed by atoms with Crippen molar-refractivity contribution in [1.82, 2.24) is 14.7 Å². The van der Waals surface area contributed by atoms with Crippen LogP contribution in [0, 0.1) is 0 Å². The zero-order valence-corrected chi connectivity index (χ0v) is 10.6. The quantitative estimate of drug-likeness (QED) is 0.812. The van der Waals surface area contributed by atoms with E-state index in [1.165, 1.54) is 18.1 Å². The Morgan fingerprint density at radius 2 is 2.21 bits per heavy atom. The van der Waals surface area contributed by atoms with Gasteiger partial charge in [-0.25, -0.2) is 9.59 Å². The highest BCUT2D eigenvalue weighted by Crippen LogP contribution is 2.21. The number of methoxy groups -OCH3 is 1. The normalized spacial score (nSPS) is 14.5. The molecule has 0 bridgehead atoms. The summed E-state index contributed by atoms with van der Waals surface area (Å²) >= 11 is 0. The Kier molecular flexibility index (Phi) is 3.55. The average molecular weight is 265 g/mol. The summed E-state index contributed by atoms with van der Waals surface area (Å²) in [6.45, 7) is 4.87. The third-order valence-electron chi connectivity index (χ3n) is 3.09. The number of rotatable bonds is 2. The molecule has 2 rings (SSSR count). The maximum atomic E-state index is 11.6. The van der Waals surface area contributed by atoms with Crippen LogP contribution in [0.25, 0.3) is 6.08 Å². The summed E-state index contributed by atoms with van der Waals surface area (Å²) in [6.07, 6.45) is 1.18. The molecule has 19 heavy (non-hydrogen) atoms. The summed E-state index contributed by atoms with van der Waals surface area (Å²) in [5, 5.41) is 13.3. The van der Waals surface area contributed by atoms with Crippen LogP contribution in [-0.4, -0.2) is 45.5 Å². The molecule has 0 aromatic carbocycles. The molecule has 0 unspecified atom stereocenters. The standard InChI is InChI=1S/C12H15N3O4/c1-3-8-9-7-14(12(17)18)5-4-6-15(9)13-10(8)11(16)19-2/h3H,1,4-7H2,2H3,(H,17,18). The lowest BCUT2D eigenvalue weighted by Crippen LogP contribution is -2.29. The number of carbonyl (C=O) groups is 2. The van der Waals surface area contributed by atoms with Crippen molar-refractivity contribution in [3.05, 3.63) is 23.5 Å². The zero-order chi connectivity index (χ0) is 14.0. The van der Waals surface area contributed by atoms with Gasteiger partial charge in [0.2, 0.25) is 0 Å². The van der Waals surface area contributed by atoms with Crippen molar-refractivity contribution in [2.75, 3.05) is 13.7 Å². The van der Waals surface area contributed by atoms with Crippen molar-refractivity contribution in [1.29, 1.82) is 0 Å². The van der Waals surface area contributed by atoms with Crippen LogP contribution in [-0.2, 0) is 17.8 Å². The van der Waals surface area contributed by atoms with E-state index in [1.54, 1.807) is 4.68 Å². The molecule has 1 N–H and O–H groups in total. The van der Waals surface area contributed by atoms with Crippen molar-refractivity contribution in [3.8, 4) is 0 Å². The Morgan fingerprint density at radius 1 is 1.47 bits per heavy atom. The van der Waals surface area contributed by atoms with Crippen LogP contribution in [0.4, 0.5) is 4.79 Å². The molecule has 7 nitrogen and oxygen atoms in total. The molecule has 102 valence electrons. The molecule has 0 saturated carbocycles. The highest BCUT2D eigenvalue weighted by atomic mass is 16.5. The van der Waals surface area contributed by atoms with Gasteiger partial charge >= 0.3 is 12.1 Å². The van der Waals surface area contributed by atoms with Crippen molar-refractivity contribution in [3.63, 3.8) is 0 Å². The van der Waals surface area contributed by atoms with Crippen molar-refractivity contribution in [2.24, 2.45) is 0 Å². The smallest absolute Gasteiger partial charge is 0.407 e. The van der Waals surface area contributed by atoms with Gasteiger partial charge in [-0.15, -0.1) is 0 Å². The number of fused-ring (bicyclic) bond motifs is 1. The van der Waals surface area contributed by atoms with E-state index in [4.69, 9.17) is 5.11 Å². The summed E-state index contributed by atoms with van der Waals surface area (Å²) in [7, 11) is 1.28. The van der Waals surface area contributed by atoms with Gasteiger partial charge in [-0.3, -0.25) is 4.68 Å². The van der Waals surface area contributed by atoms with E-state index in [9.17, 15) is 9.59 Å². The van der Waals surface area contributed by atoms with Crippen molar-refractivity contribution in [2.45, 2.75) is 19.5 Å². The number of carbonyl (C=O) groups excluding carboxylic acids is 1. The summed E-state index contributed by atoms with van der Waals surface area (Å²) in [6, 6.07) is 0. The third kappa shape index (κ3) is 2.31. The molecular formula is C12H15N3O4. The molecule has 0 aliphatic carbocycles. The molecule has 1 aliphatic heterocycles. The number of ether oxygens (including phenoxy) is 1. The molecule has 1 aromatic heterocycles. The van der Waals surface area contributed by atoms with E-state index in [1.807, 2.05) is 0 Å². The monoisotopic (exact) mass is 265 g/mol. The van der Waals surface area contributed by atoms with E-state index in [2.05, 4.69) is 16.4 Å². The van der Waals surface area contributed by atoms with Crippen molar-refractivity contribution < 1.29 is 19.4 Å². The molecular weight excluding hydrogens is 250 g/mol. The molecule has 2 heterocycles. The fourth-order valence-corrected chi connectivity index (χ4v) is 2.16. The molecule has 1 aromatic rings. The van der Waals surface area contributed by atoms with Crippen LogP contribution < -0.4 is 0 Å². The average Bonchev–Trinajstić information content (AvgIpc) is 2.60. The largest absolute Gasteiger partial charge is 0.465 e. The highest BCUT2D eigenvalue weighted by Gasteiger charge is 2.26. The number of carboxylic acid groups (broad SMARTS) is 1. The van der Waals surface area contributed by atoms with Gasteiger partial charge in [-0.05, 0) is 6.42 Å². The lowest BCUT2D eigenvalue weighted by molar-refractivity contribution is 0.0592. The van der Waals surface area contributed by atoms with Gasteiger partial charge in [0.1, 0.15) is 0 Å². The molecule has 0 radical (unpaired) electrons. The number of hydrogen-bond donors (Lipinski definition) is 1. The first-order valence-corrected chi connectivity index (χ1v) is 5.86. The predicted octanol–water partition coefficient (Wildman–Crippen LogP) is 1.20. The second-order valence-electron chi connectivity index (χ2n) is 4.19. The predicted molar refractivity (Wildman–Crippen MR) is 66.7 cm³/mol. The second kappa shape index (κ2) is 5.13. The van der Waals surface area contributed by atoms with E-state index < -0.39 is 12.1 Å². The molecule has 1 amide bonds. The number of aromatic nitrogens is 2. The molecule has 1 aliphatic rings. The van der Waals surface area contributed by atoms with E-state index in [-0.39, 0.29) is 12.2 Å². The van der Waals surface area contributed by atoms with Gasteiger partial charge < -0.3 is 14.7 Å². The number of amides is 1. The Morgan fingerprint density at radius 3 is 2.79 bits per heavy atom. The van der Waals surface area contributed by atoms with E-state index in [0.717, 1.165) is 0 Å². The lowest BCUT2D eigenvalue weighted by Gasteiger charge is -2.15. The number of aryl methyl sites for hydroxylation is 1. The summed E-state index contributed by atoms with van der Waals surface area (Å²) in [5.74, 6) is -0.544. The Balaban J connectivity index is 2.46. The van der Waals surface area contributed by atoms with Crippen LogP contribution >= 0.6 is 0 Å².